The summed E-state index contributed by atoms with van der Waals surface area (Å²) in [5.74, 6) is 0. The molecular weight excluding hydrogens is 198 g/mol. The van der Waals surface area contributed by atoms with E-state index in [1.54, 1.807) is 0 Å². The van der Waals surface area contributed by atoms with E-state index in [0.717, 1.165) is 13.1 Å². The Bertz CT molecular complexity index is 266. The summed E-state index contributed by atoms with van der Waals surface area (Å²) < 4.78 is 2.05. The third-order valence-corrected chi connectivity index (χ3v) is 2.28. The SMILES string of the molecule is CC.CC.CC(C)n1cc2c(n1)CN(C)C2. The van der Waals surface area contributed by atoms with Crippen LogP contribution < -0.4 is 0 Å². The summed E-state index contributed by atoms with van der Waals surface area (Å²) in [6, 6.07) is 0.487. The molecule has 0 saturated carbocycles. The molecule has 3 nitrogen and oxygen atoms in total. The van der Waals surface area contributed by atoms with Gasteiger partial charge >= 0.3 is 0 Å². The Labute approximate surface area is 100 Å². The largest absolute Gasteiger partial charge is 0.296 e. The minimum absolute atomic E-state index is 0.487. The van der Waals surface area contributed by atoms with Crippen molar-refractivity contribution in [2.45, 2.75) is 60.7 Å². The van der Waals surface area contributed by atoms with Crippen LogP contribution in [-0.4, -0.2) is 21.7 Å². The van der Waals surface area contributed by atoms with Gasteiger partial charge in [-0.05, 0) is 20.9 Å². The lowest BCUT2D eigenvalue weighted by molar-refractivity contribution is 0.343. The minimum atomic E-state index is 0.487. The topological polar surface area (TPSA) is 21.1 Å². The molecule has 0 N–H and O–H groups in total. The van der Waals surface area contributed by atoms with Gasteiger partial charge in [0.05, 0.1) is 5.69 Å². The summed E-state index contributed by atoms with van der Waals surface area (Å²) in [7, 11) is 2.13. The first kappa shape index (κ1) is 15.2. The standard InChI is InChI=1S/C9H15N3.2C2H6/c1-7(2)12-5-8-4-11(3)6-9(8)10-12;2*1-2/h5,7H,4,6H2,1-3H3;2*1-2H3. The molecule has 0 aliphatic carbocycles. The van der Waals surface area contributed by atoms with Crippen molar-refractivity contribution in [1.82, 2.24) is 14.7 Å². The van der Waals surface area contributed by atoms with Crippen LogP contribution in [0, 0.1) is 0 Å². The van der Waals surface area contributed by atoms with E-state index >= 15 is 0 Å². The Kier molecular flexibility index (Phi) is 7.06. The summed E-state index contributed by atoms with van der Waals surface area (Å²) in [6.07, 6.45) is 2.17. The molecule has 0 spiro atoms. The van der Waals surface area contributed by atoms with Crippen LogP contribution in [0.3, 0.4) is 0 Å². The van der Waals surface area contributed by atoms with E-state index < -0.39 is 0 Å². The normalized spacial score (nSPS) is 13.8. The first-order chi connectivity index (χ1) is 7.66. The summed E-state index contributed by atoms with van der Waals surface area (Å²) in [4.78, 5) is 2.28. The molecule has 94 valence electrons. The zero-order chi connectivity index (χ0) is 12.7. The number of fused-ring (bicyclic) bond motifs is 1. The lowest BCUT2D eigenvalue weighted by Gasteiger charge is -2.08. The van der Waals surface area contributed by atoms with Crippen LogP contribution in [0.5, 0.6) is 0 Å². The summed E-state index contributed by atoms with van der Waals surface area (Å²) >= 11 is 0. The van der Waals surface area contributed by atoms with Crippen molar-refractivity contribution in [2.75, 3.05) is 7.05 Å². The van der Waals surface area contributed by atoms with Gasteiger partial charge in [0.25, 0.3) is 0 Å². The van der Waals surface area contributed by atoms with E-state index in [0.29, 0.717) is 6.04 Å². The molecule has 1 aliphatic heterocycles. The average molecular weight is 225 g/mol. The van der Waals surface area contributed by atoms with E-state index in [4.69, 9.17) is 0 Å². The zero-order valence-electron chi connectivity index (χ0n) is 11.9. The fraction of sp³-hybridized carbons (Fsp3) is 0.769. The van der Waals surface area contributed by atoms with Crippen LogP contribution in [0.15, 0.2) is 6.20 Å². The predicted molar refractivity (Wildman–Crippen MR) is 70.5 cm³/mol. The van der Waals surface area contributed by atoms with Crippen LogP contribution in [0.25, 0.3) is 0 Å². The van der Waals surface area contributed by atoms with Crippen molar-refractivity contribution in [3.8, 4) is 0 Å². The highest BCUT2D eigenvalue weighted by Crippen LogP contribution is 2.20. The Hall–Kier alpha value is -0.830. The Morgan fingerprint density at radius 2 is 1.69 bits per heavy atom. The summed E-state index contributed by atoms with van der Waals surface area (Å²) in [5.41, 5.74) is 2.65. The predicted octanol–water partition coefficient (Wildman–Crippen LogP) is 3.46. The highest BCUT2D eigenvalue weighted by atomic mass is 15.3. The third kappa shape index (κ3) is 3.63. The number of rotatable bonds is 1. The van der Waals surface area contributed by atoms with Gasteiger partial charge in [-0.1, -0.05) is 27.7 Å². The Morgan fingerprint density at radius 3 is 2.12 bits per heavy atom. The Balaban J connectivity index is 0.000000509. The molecule has 0 amide bonds. The van der Waals surface area contributed by atoms with E-state index in [1.165, 1.54) is 11.3 Å². The van der Waals surface area contributed by atoms with Crippen LogP contribution in [0.2, 0.25) is 0 Å². The number of hydrogen-bond acceptors (Lipinski definition) is 2. The fourth-order valence-electron chi connectivity index (χ4n) is 1.60. The molecule has 16 heavy (non-hydrogen) atoms. The van der Waals surface area contributed by atoms with Gasteiger partial charge in [-0.3, -0.25) is 9.58 Å². The second-order valence-corrected chi connectivity index (χ2v) is 3.85. The molecular formula is C13H27N3. The lowest BCUT2D eigenvalue weighted by atomic mass is 10.3. The van der Waals surface area contributed by atoms with Gasteiger partial charge in [-0.15, -0.1) is 0 Å². The molecule has 0 bridgehead atoms. The first-order valence-corrected chi connectivity index (χ1v) is 6.42. The van der Waals surface area contributed by atoms with Gasteiger partial charge < -0.3 is 0 Å². The van der Waals surface area contributed by atoms with Crippen molar-refractivity contribution < 1.29 is 0 Å². The molecule has 1 aromatic heterocycles. The van der Waals surface area contributed by atoms with Crippen molar-refractivity contribution in [2.24, 2.45) is 0 Å². The van der Waals surface area contributed by atoms with Gasteiger partial charge in [0.2, 0.25) is 0 Å². The molecule has 0 unspecified atom stereocenters. The van der Waals surface area contributed by atoms with Crippen molar-refractivity contribution in [3.63, 3.8) is 0 Å². The van der Waals surface area contributed by atoms with E-state index in [9.17, 15) is 0 Å². The molecule has 3 heteroatoms. The van der Waals surface area contributed by atoms with Gasteiger partial charge in [-0.2, -0.15) is 5.10 Å². The maximum absolute atomic E-state index is 4.52. The smallest absolute Gasteiger partial charge is 0.0809 e. The molecule has 0 saturated heterocycles. The number of nitrogens with zero attached hydrogens (tertiary/aromatic N) is 3. The van der Waals surface area contributed by atoms with Crippen LogP contribution in [0.4, 0.5) is 0 Å². The molecule has 2 rings (SSSR count). The summed E-state index contributed by atoms with van der Waals surface area (Å²) in [5, 5.41) is 4.52. The number of aromatic nitrogens is 2. The average Bonchev–Trinajstić information content (AvgIpc) is 2.80. The second-order valence-electron chi connectivity index (χ2n) is 3.85. The monoisotopic (exact) mass is 225 g/mol. The third-order valence-electron chi connectivity index (χ3n) is 2.28. The van der Waals surface area contributed by atoms with Crippen molar-refractivity contribution in [1.29, 1.82) is 0 Å². The van der Waals surface area contributed by atoms with Gasteiger partial charge in [-0.25, -0.2) is 0 Å². The van der Waals surface area contributed by atoms with Gasteiger partial charge in [0.15, 0.2) is 0 Å². The van der Waals surface area contributed by atoms with Crippen LogP contribution in [0.1, 0.15) is 58.8 Å². The van der Waals surface area contributed by atoms with E-state index in [2.05, 4.69) is 41.8 Å². The van der Waals surface area contributed by atoms with E-state index in [1.807, 2.05) is 27.7 Å². The second kappa shape index (κ2) is 7.44. The van der Waals surface area contributed by atoms with Gasteiger partial charge in [0.1, 0.15) is 0 Å². The van der Waals surface area contributed by atoms with E-state index in [-0.39, 0.29) is 0 Å². The van der Waals surface area contributed by atoms with Crippen molar-refractivity contribution in [3.05, 3.63) is 17.5 Å². The zero-order valence-corrected chi connectivity index (χ0v) is 11.9. The maximum Gasteiger partial charge on any atom is 0.0809 e. The number of hydrogen-bond donors (Lipinski definition) is 0. The maximum atomic E-state index is 4.52. The Morgan fingerprint density at radius 1 is 1.12 bits per heavy atom. The van der Waals surface area contributed by atoms with Crippen molar-refractivity contribution >= 4 is 0 Å². The molecule has 0 aromatic carbocycles. The van der Waals surface area contributed by atoms with Crippen LogP contribution >= 0.6 is 0 Å². The first-order valence-electron chi connectivity index (χ1n) is 6.42. The lowest BCUT2D eigenvalue weighted by Crippen LogP contribution is -2.11. The van der Waals surface area contributed by atoms with Gasteiger partial charge in [0, 0.05) is 30.9 Å². The molecule has 2 heterocycles. The molecule has 1 aromatic rings. The minimum Gasteiger partial charge on any atom is -0.296 e. The summed E-state index contributed by atoms with van der Waals surface area (Å²) in [6.45, 7) is 14.4. The highest BCUT2D eigenvalue weighted by Gasteiger charge is 2.19. The molecule has 0 fully saturated rings. The molecule has 0 atom stereocenters. The quantitative estimate of drug-likeness (QED) is 0.730. The molecule has 0 radical (unpaired) electrons. The fourth-order valence-corrected chi connectivity index (χ4v) is 1.60. The highest BCUT2D eigenvalue weighted by molar-refractivity contribution is 5.21. The molecule has 1 aliphatic rings. The van der Waals surface area contributed by atoms with Crippen LogP contribution in [-0.2, 0) is 13.1 Å².